The van der Waals surface area contributed by atoms with E-state index in [9.17, 15) is 10.2 Å². The zero-order chi connectivity index (χ0) is 28.8. The summed E-state index contributed by atoms with van der Waals surface area (Å²) in [6, 6.07) is 39.6. The van der Waals surface area contributed by atoms with Crippen LogP contribution >= 0.6 is 0 Å². The molecule has 0 fully saturated rings. The molecule has 0 unspecified atom stereocenters. The first-order valence-corrected chi connectivity index (χ1v) is 13.7. The molecule has 0 aliphatic carbocycles. The van der Waals surface area contributed by atoms with E-state index in [-0.39, 0.29) is 16.9 Å². The Hall–Kier alpha value is -4.90. The molecular formula is C36H35NO4. The average Bonchev–Trinajstić information content (AvgIpc) is 3.02. The topological polar surface area (TPSA) is 62.2 Å². The van der Waals surface area contributed by atoms with Gasteiger partial charge in [-0.2, -0.15) is 0 Å². The second-order valence-electron chi connectivity index (χ2n) is 10.3. The summed E-state index contributed by atoms with van der Waals surface area (Å²) in [4.78, 5) is 2.20. The molecule has 0 aliphatic rings. The van der Waals surface area contributed by atoms with Crippen LogP contribution in [-0.2, 0) is 11.8 Å². The maximum absolute atomic E-state index is 9.88. The van der Waals surface area contributed by atoms with Crippen molar-refractivity contribution in [3.63, 3.8) is 0 Å². The lowest BCUT2D eigenvalue weighted by atomic mass is 9.72. The average molecular weight is 546 g/mol. The van der Waals surface area contributed by atoms with Gasteiger partial charge in [0.1, 0.15) is 23.0 Å². The highest BCUT2D eigenvalue weighted by molar-refractivity contribution is 5.77. The van der Waals surface area contributed by atoms with E-state index in [2.05, 4.69) is 42.2 Å². The fraction of sp³-hybridized carbons (Fsp3) is 0.167. The first-order valence-electron chi connectivity index (χ1n) is 13.7. The van der Waals surface area contributed by atoms with E-state index in [0.717, 1.165) is 52.5 Å². The van der Waals surface area contributed by atoms with E-state index in [1.54, 1.807) is 38.5 Å². The maximum atomic E-state index is 9.88. The Kier molecular flexibility index (Phi) is 8.16. The van der Waals surface area contributed by atoms with Crippen LogP contribution < -0.4 is 14.4 Å². The van der Waals surface area contributed by atoms with Crippen molar-refractivity contribution < 1.29 is 19.7 Å². The summed E-state index contributed by atoms with van der Waals surface area (Å²) < 4.78 is 10.9. The molecular weight excluding hydrogens is 510 g/mol. The van der Waals surface area contributed by atoms with Gasteiger partial charge in [0.05, 0.1) is 14.2 Å². The van der Waals surface area contributed by atoms with Crippen molar-refractivity contribution in [2.24, 2.45) is 0 Å². The molecule has 5 heteroatoms. The number of hydrogen-bond donors (Lipinski definition) is 2. The second-order valence-corrected chi connectivity index (χ2v) is 10.3. The Morgan fingerprint density at radius 2 is 1.10 bits per heavy atom. The standard InChI is InChI=1S/C36H35NO4/c1-36(27-9-17-32(38)18-10-27,28-11-19-33(39)20-12-28)24-23-26-7-13-29(14-8-26)37(30-15-21-34(40-2)22-16-30)31-5-4-6-35(25-31)41-3/h4-22,25,38-39H,23-24H2,1-3H3. The molecule has 0 aliphatic heterocycles. The van der Waals surface area contributed by atoms with E-state index >= 15 is 0 Å². The van der Waals surface area contributed by atoms with Gasteiger partial charge >= 0.3 is 0 Å². The molecule has 0 aromatic heterocycles. The molecule has 0 saturated heterocycles. The third-order valence-electron chi connectivity index (χ3n) is 7.76. The minimum absolute atomic E-state index is 0.245. The number of methoxy groups -OCH3 is 2. The Morgan fingerprint density at radius 1 is 0.585 bits per heavy atom. The molecule has 0 radical (unpaired) electrons. The molecule has 0 spiro atoms. The van der Waals surface area contributed by atoms with E-state index in [0.29, 0.717) is 0 Å². The number of aromatic hydroxyl groups is 2. The lowest BCUT2D eigenvalue weighted by Crippen LogP contribution is -2.24. The van der Waals surface area contributed by atoms with Crippen LogP contribution in [0.2, 0.25) is 0 Å². The van der Waals surface area contributed by atoms with Crippen LogP contribution in [0, 0.1) is 0 Å². The largest absolute Gasteiger partial charge is 0.508 e. The first-order chi connectivity index (χ1) is 19.9. The van der Waals surface area contributed by atoms with Crippen LogP contribution in [-0.4, -0.2) is 24.4 Å². The van der Waals surface area contributed by atoms with Crippen molar-refractivity contribution >= 4 is 17.1 Å². The minimum Gasteiger partial charge on any atom is -0.508 e. The normalized spacial score (nSPS) is 11.2. The molecule has 0 saturated carbocycles. The number of phenols is 2. The summed E-state index contributed by atoms with van der Waals surface area (Å²) >= 11 is 0. The predicted molar refractivity (Wildman–Crippen MR) is 165 cm³/mol. The van der Waals surface area contributed by atoms with Crippen LogP contribution in [0.3, 0.4) is 0 Å². The Labute approximate surface area is 241 Å². The third-order valence-corrected chi connectivity index (χ3v) is 7.76. The molecule has 5 rings (SSSR count). The summed E-state index contributed by atoms with van der Waals surface area (Å²) in [5.74, 6) is 2.09. The first kappa shape index (κ1) is 27.7. The summed E-state index contributed by atoms with van der Waals surface area (Å²) in [7, 11) is 3.34. The van der Waals surface area contributed by atoms with E-state index in [4.69, 9.17) is 9.47 Å². The molecule has 41 heavy (non-hydrogen) atoms. The molecule has 5 nitrogen and oxygen atoms in total. The van der Waals surface area contributed by atoms with E-state index in [1.807, 2.05) is 66.7 Å². The highest BCUT2D eigenvalue weighted by Gasteiger charge is 2.29. The van der Waals surface area contributed by atoms with Crippen LogP contribution in [0.25, 0.3) is 0 Å². The van der Waals surface area contributed by atoms with Crippen LogP contribution in [0.1, 0.15) is 30.0 Å². The van der Waals surface area contributed by atoms with Gasteiger partial charge in [-0.25, -0.2) is 0 Å². The molecule has 0 atom stereocenters. The van der Waals surface area contributed by atoms with Gasteiger partial charge in [-0.1, -0.05) is 49.4 Å². The molecule has 5 aromatic carbocycles. The summed E-state index contributed by atoms with van der Waals surface area (Å²) in [5.41, 5.74) is 6.18. The number of anilines is 3. The van der Waals surface area contributed by atoms with Gasteiger partial charge < -0.3 is 24.6 Å². The number of benzene rings is 5. The lowest BCUT2D eigenvalue weighted by Gasteiger charge is -2.31. The van der Waals surface area contributed by atoms with Crippen molar-refractivity contribution in [3.8, 4) is 23.0 Å². The number of ether oxygens (including phenoxy) is 2. The van der Waals surface area contributed by atoms with Gasteiger partial charge in [0.15, 0.2) is 0 Å². The number of phenolic OH excluding ortho intramolecular Hbond substituents is 2. The smallest absolute Gasteiger partial charge is 0.120 e. The molecule has 208 valence electrons. The van der Waals surface area contributed by atoms with Gasteiger partial charge in [0, 0.05) is 28.5 Å². The van der Waals surface area contributed by atoms with Gasteiger partial charge in [0.25, 0.3) is 0 Å². The van der Waals surface area contributed by atoms with Crippen LogP contribution in [0.4, 0.5) is 17.1 Å². The minimum atomic E-state index is -0.310. The van der Waals surface area contributed by atoms with Gasteiger partial charge in [-0.05, 0) is 102 Å². The fourth-order valence-corrected chi connectivity index (χ4v) is 5.25. The highest BCUT2D eigenvalue weighted by atomic mass is 16.5. The predicted octanol–water partition coefficient (Wildman–Crippen LogP) is 8.52. The third kappa shape index (κ3) is 6.15. The van der Waals surface area contributed by atoms with Crippen molar-refractivity contribution in [2.45, 2.75) is 25.2 Å². The van der Waals surface area contributed by atoms with Crippen LogP contribution in [0.15, 0.2) is 121 Å². The Morgan fingerprint density at radius 3 is 1.61 bits per heavy atom. The summed E-state index contributed by atoms with van der Waals surface area (Å²) in [5, 5.41) is 19.8. The van der Waals surface area contributed by atoms with Gasteiger partial charge in [0.2, 0.25) is 0 Å². The number of hydrogen-bond acceptors (Lipinski definition) is 5. The molecule has 0 bridgehead atoms. The summed E-state index contributed by atoms with van der Waals surface area (Å²) in [6.07, 6.45) is 1.69. The monoisotopic (exact) mass is 545 g/mol. The van der Waals surface area contributed by atoms with Gasteiger partial charge in [-0.3, -0.25) is 0 Å². The molecule has 0 amide bonds. The number of nitrogens with zero attached hydrogens (tertiary/aromatic N) is 1. The fourth-order valence-electron chi connectivity index (χ4n) is 5.25. The zero-order valence-corrected chi connectivity index (χ0v) is 23.6. The zero-order valence-electron chi connectivity index (χ0n) is 23.6. The highest BCUT2D eigenvalue weighted by Crippen LogP contribution is 2.39. The van der Waals surface area contributed by atoms with Crippen molar-refractivity contribution in [3.05, 3.63) is 138 Å². The van der Waals surface area contributed by atoms with Gasteiger partial charge in [-0.15, -0.1) is 0 Å². The van der Waals surface area contributed by atoms with Crippen molar-refractivity contribution in [1.29, 1.82) is 0 Å². The molecule has 0 heterocycles. The maximum Gasteiger partial charge on any atom is 0.120 e. The van der Waals surface area contributed by atoms with Crippen molar-refractivity contribution in [2.75, 3.05) is 19.1 Å². The lowest BCUT2D eigenvalue weighted by molar-refractivity contribution is 0.414. The Balaban J connectivity index is 1.44. The second kappa shape index (κ2) is 12.1. The van der Waals surface area contributed by atoms with Crippen LogP contribution in [0.5, 0.6) is 23.0 Å². The van der Waals surface area contributed by atoms with E-state index in [1.165, 1.54) is 5.56 Å². The summed E-state index contributed by atoms with van der Waals surface area (Å²) in [6.45, 7) is 2.22. The Bertz CT molecular complexity index is 1520. The van der Waals surface area contributed by atoms with Crippen molar-refractivity contribution in [1.82, 2.24) is 0 Å². The SMILES string of the molecule is COc1ccc(N(c2ccc(CCC(C)(c3ccc(O)cc3)c3ccc(O)cc3)cc2)c2cccc(OC)c2)cc1. The number of rotatable bonds is 10. The van der Waals surface area contributed by atoms with E-state index < -0.39 is 0 Å². The molecule has 5 aromatic rings. The number of aryl methyl sites for hydroxylation is 1. The molecule has 2 N–H and O–H groups in total. The quantitative estimate of drug-likeness (QED) is 0.184.